The predicted octanol–water partition coefficient (Wildman–Crippen LogP) is 2.19. The first-order chi connectivity index (χ1) is 10.6. The third-order valence-electron chi connectivity index (χ3n) is 4.25. The van der Waals surface area contributed by atoms with Crippen LogP contribution in [0.3, 0.4) is 0 Å². The summed E-state index contributed by atoms with van der Waals surface area (Å²) in [4.78, 5) is 2.18. The lowest BCUT2D eigenvalue weighted by Gasteiger charge is -2.35. The number of benzene rings is 2. The number of nitrogens with zero attached hydrogens (tertiary/aromatic N) is 1. The van der Waals surface area contributed by atoms with E-state index < -0.39 is 11.3 Å². The summed E-state index contributed by atoms with van der Waals surface area (Å²) in [6.07, 6.45) is 0. The smallest absolute Gasteiger partial charge is 0.108 e. The first-order valence-corrected chi connectivity index (χ1v) is 7.74. The number of halogens is 1. The molecule has 2 aromatic carbocycles. The normalized spacial score (nSPS) is 22.4. The van der Waals surface area contributed by atoms with Gasteiger partial charge in [0.1, 0.15) is 6.04 Å². The molecule has 4 nitrogen and oxygen atoms in total. The van der Waals surface area contributed by atoms with Crippen molar-refractivity contribution >= 4 is 11.6 Å². The molecule has 1 N–H and O–H groups in total. The van der Waals surface area contributed by atoms with Crippen molar-refractivity contribution in [1.82, 2.24) is 4.90 Å². The second kappa shape index (κ2) is 6.77. The lowest BCUT2D eigenvalue weighted by Crippen LogP contribution is -3.07. The van der Waals surface area contributed by atoms with Gasteiger partial charge >= 0.3 is 0 Å². The summed E-state index contributed by atoms with van der Waals surface area (Å²) in [5.41, 5.74) is 2.20. The number of likely N-dealkylation sites (tertiary alicyclic amines) is 1. The van der Waals surface area contributed by atoms with Gasteiger partial charge in [0.2, 0.25) is 0 Å². The zero-order chi connectivity index (χ0) is 15.5. The molecule has 2 aromatic rings. The van der Waals surface area contributed by atoms with Crippen LogP contribution >= 0.6 is 11.6 Å². The van der Waals surface area contributed by atoms with Crippen molar-refractivity contribution in [3.63, 3.8) is 0 Å². The Morgan fingerprint density at radius 1 is 1.00 bits per heavy atom. The van der Waals surface area contributed by atoms with E-state index in [-0.39, 0.29) is 5.92 Å². The van der Waals surface area contributed by atoms with E-state index in [2.05, 4.69) is 17.0 Å². The zero-order valence-electron chi connectivity index (χ0n) is 12.1. The molecule has 1 saturated heterocycles. The monoisotopic (exact) mass is 317 g/mol. The van der Waals surface area contributed by atoms with Gasteiger partial charge in [-0.2, -0.15) is 0 Å². The van der Waals surface area contributed by atoms with Crippen LogP contribution in [0.4, 0.5) is 0 Å². The molecule has 0 radical (unpaired) electrons. The van der Waals surface area contributed by atoms with Gasteiger partial charge in [-0.25, -0.2) is 0 Å². The Bertz CT molecular complexity index is 604. The fraction of sp³-hybridized carbons (Fsp3) is 0.294. The SMILES string of the molecule is [O-][NH+]([O-])[C@@H]1CN(Cc2ccccc2)C[C@H]1c1ccc(Cl)cc1. The fourth-order valence-corrected chi connectivity index (χ4v) is 3.27. The van der Waals surface area contributed by atoms with Crippen molar-refractivity contribution in [3.05, 3.63) is 81.2 Å². The second-order valence-corrected chi connectivity index (χ2v) is 6.20. The highest BCUT2D eigenvalue weighted by molar-refractivity contribution is 6.30. The molecule has 22 heavy (non-hydrogen) atoms. The Kier molecular flexibility index (Phi) is 4.76. The molecule has 0 amide bonds. The highest BCUT2D eigenvalue weighted by Crippen LogP contribution is 2.28. The van der Waals surface area contributed by atoms with Gasteiger partial charge in [-0.05, 0) is 23.3 Å². The molecule has 0 bridgehead atoms. The second-order valence-electron chi connectivity index (χ2n) is 5.76. The molecule has 0 unspecified atom stereocenters. The molecule has 1 aliphatic heterocycles. The van der Waals surface area contributed by atoms with Crippen molar-refractivity contribution in [2.24, 2.45) is 0 Å². The van der Waals surface area contributed by atoms with Crippen LogP contribution in [-0.4, -0.2) is 24.0 Å². The molecule has 0 spiro atoms. The lowest BCUT2D eigenvalue weighted by atomic mass is 9.95. The van der Waals surface area contributed by atoms with Crippen molar-refractivity contribution < 1.29 is 5.23 Å². The minimum absolute atomic E-state index is 0.0500. The van der Waals surface area contributed by atoms with Crippen LogP contribution in [0.1, 0.15) is 17.0 Å². The first kappa shape index (κ1) is 15.5. The van der Waals surface area contributed by atoms with Gasteiger partial charge in [0.15, 0.2) is 0 Å². The van der Waals surface area contributed by atoms with Gasteiger partial charge in [-0.15, -0.1) is 0 Å². The number of hydrogen-bond acceptors (Lipinski definition) is 3. The molecule has 1 heterocycles. The molecule has 1 aliphatic rings. The zero-order valence-corrected chi connectivity index (χ0v) is 12.9. The molecule has 3 rings (SSSR count). The summed E-state index contributed by atoms with van der Waals surface area (Å²) >= 11 is 5.91. The standard InChI is InChI=1S/C17H18ClN2O2/c18-15-8-6-14(7-9-15)16-11-19(12-17(16)20(21)22)10-13-4-2-1-3-5-13/h1-9,16-17,20H,10-12H2/q-1/t16-,17+/m0/s1. The van der Waals surface area contributed by atoms with Gasteiger partial charge in [-0.1, -0.05) is 54.1 Å². The Hall–Kier alpha value is -1.43. The van der Waals surface area contributed by atoms with Gasteiger partial charge in [0.05, 0.1) is 12.5 Å². The van der Waals surface area contributed by atoms with E-state index >= 15 is 0 Å². The van der Waals surface area contributed by atoms with E-state index in [9.17, 15) is 10.4 Å². The maximum Gasteiger partial charge on any atom is 0.108 e. The van der Waals surface area contributed by atoms with E-state index in [0.717, 1.165) is 18.7 Å². The van der Waals surface area contributed by atoms with Crippen molar-refractivity contribution in [2.75, 3.05) is 13.1 Å². The number of quaternary nitrogens is 1. The van der Waals surface area contributed by atoms with E-state index in [1.54, 1.807) is 0 Å². The molecule has 2 atom stereocenters. The number of hydrogen-bond donors (Lipinski definition) is 1. The van der Waals surface area contributed by atoms with Crippen molar-refractivity contribution in [3.8, 4) is 0 Å². The van der Waals surface area contributed by atoms with Crippen LogP contribution in [-0.2, 0) is 6.54 Å². The van der Waals surface area contributed by atoms with Crippen molar-refractivity contribution in [1.29, 1.82) is 0 Å². The molecule has 0 aliphatic carbocycles. The van der Waals surface area contributed by atoms with Gasteiger partial charge in [0.25, 0.3) is 0 Å². The van der Waals surface area contributed by atoms with E-state index in [0.29, 0.717) is 11.6 Å². The minimum atomic E-state index is -0.976. The fourth-order valence-electron chi connectivity index (χ4n) is 3.14. The average Bonchev–Trinajstić information content (AvgIpc) is 2.93. The molecule has 116 valence electrons. The van der Waals surface area contributed by atoms with E-state index in [1.165, 1.54) is 5.56 Å². The third kappa shape index (κ3) is 3.48. The van der Waals surface area contributed by atoms with Crippen LogP contribution in [0.15, 0.2) is 54.6 Å². The lowest BCUT2D eigenvalue weighted by molar-refractivity contribution is -0.821. The van der Waals surface area contributed by atoms with E-state index in [1.807, 2.05) is 42.5 Å². The van der Waals surface area contributed by atoms with Gasteiger partial charge < -0.3 is 15.6 Å². The van der Waals surface area contributed by atoms with E-state index in [4.69, 9.17) is 11.6 Å². The molecule has 0 aromatic heterocycles. The molecular weight excluding hydrogens is 300 g/mol. The first-order valence-electron chi connectivity index (χ1n) is 7.36. The van der Waals surface area contributed by atoms with Crippen LogP contribution < -0.4 is 5.23 Å². The van der Waals surface area contributed by atoms with Gasteiger partial charge in [0, 0.05) is 18.1 Å². The maximum atomic E-state index is 11.5. The highest BCUT2D eigenvalue weighted by atomic mass is 35.5. The number of nitrogens with one attached hydrogen (secondary N) is 1. The molecule has 1 fully saturated rings. The summed E-state index contributed by atoms with van der Waals surface area (Å²) in [5, 5.41) is 22.7. The molecule has 5 heteroatoms. The van der Waals surface area contributed by atoms with Crippen LogP contribution in [0.2, 0.25) is 5.02 Å². The third-order valence-corrected chi connectivity index (χ3v) is 4.50. The predicted molar refractivity (Wildman–Crippen MR) is 87.4 cm³/mol. The van der Waals surface area contributed by atoms with Crippen LogP contribution in [0.5, 0.6) is 0 Å². The molecule has 0 saturated carbocycles. The Labute approximate surface area is 135 Å². The minimum Gasteiger partial charge on any atom is -0.633 e. The summed E-state index contributed by atoms with van der Waals surface area (Å²) in [6.45, 7) is 1.99. The quantitative estimate of drug-likeness (QED) is 0.880. The maximum absolute atomic E-state index is 11.5. The summed E-state index contributed by atoms with van der Waals surface area (Å²) in [7, 11) is 0. The van der Waals surface area contributed by atoms with Crippen molar-refractivity contribution in [2.45, 2.75) is 18.5 Å². The highest BCUT2D eigenvalue weighted by Gasteiger charge is 2.36. The summed E-state index contributed by atoms with van der Waals surface area (Å²) in [6, 6.07) is 17.1. The number of hydroxylamine groups is 2. The van der Waals surface area contributed by atoms with Gasteiger partial charge in [-0.3, -0.25) is 4.90 Å². The summed E-state index contributed by atoms with van der Waals surface area (Å²) < 4.78 is 0. The Balaban J connectivity index is 1.76. The number of rotatable bonds is 4. The molecular formula is C17H18ClN2O2-. The Morgan fingerprint density at radius 2 is 1.68 bits per heavy atom. The van der Waals surface area contributed by atoms with Crippen LogP contribution in [0.25, 0.3) is 0 Å². The largest absolute Gasteiger partial charge is 0.633 e. The van der Waals surface area contributed by atoms with Crippen LogP contribution in [0, 0.1) is 10.4 Å². The summed E-state index contributed by atoms with van der Waals surface area (Å²) in [5.74, 6) is -0.0500. The topological polar surface area (TPSA) is 53.8 Å². The average molecular weight is 318 g/mol. The Morgan fingerprint density at radius 3 is 2.32 bits per heavy atom.